The molecular weight excluding hydrogens is 445 g/mol. The zero-order valence-corrected chi connectivity index (χ0v) is 18.9. The second kappa shape index (κ2) is 9.50. The molecule has 8 heteroatoms. The average molecular weight is 466 g/mol. The Hall–Kier alpha value is -3.23. The molecule has 1 N–H and O–H groups in total. The van der Waals surface area contributed by atoms with E-state index in [9.17, 15) is 14.0 Å². The zero-order chi connectivity index (χ0) is 22.7. The Balaban J connectivity index is 1.67. The van der Waals surface area contributed by atoms with Gasteiger partial charge in [-0.3, -0.25) is 14.2 Å². The van der Waals surface area contributed by atoms with Crippen molar-refractivity contribution in [1.82, 2.24) is 9.55 Å². The highest BCUT2D eigenvalue weighted by atomic mass is 32.2. The van der Waals surface area contributed by atoms with Crippen molar-refractivity contribution in [2.24, 2.45) is 0 Å². The third kappa shape index (κ3) is 4.51. The Bertz CT molecular complexity index is 1350. The molecule has 2 aromatic carbocycles. The lowest BCUT2D eigenvalue weighted by Crippen LogP contribution is -2.26. The molecule has 0 aliphatic carbocycles. The van der Waals surface area contributed by atoms with Gasteiger partial charge in [-0.25, -0.2) is 9.37 Å². The maximum absolute atomic E-state index is 13.9. The fourth-order valence-electron chi connectivity index (χ4n) is 3.13. The number of amides is 1. The number of benzene rings is 2. The Kier molecular flexibility index (Phi) is 6.53. The molecule has 1 unspecified atom stereocenters. The summed E-state index contributed by atoms with van der Waals surface area (Å²) in [6, 6.07) is 17.6. The molecule has 2 heterocycles. The van der Waals surface area contributed by atoms with Crippen LogP contribution < -0.4 is 10.9 Å². The highest BCUT2D eigenvalue weighted by molar-refractivity contribution is 8.00. The Morgan fingerprint density at radius 3 is 2.69 bits per heavy atom. The minimum absolute atomic E-state index is 0.114. The average Bonchev–Trinajstić information content (AvgIpc) is 3.23. The van der Waals surface area contributed by atoms with Crippen molar-refractivity contribution in [3.63, 3.8) is 0 Å². The summed E-state index contributed by atoms with van der Waals surface area (Å²) in [5, 5.41) is 2.93. The van der Waals surface area contributed by atoms with Crippen molar-refractivity contribution >= 4 is 44.9 Å². The van der Waals surface area contributed by atoms with Gasteiger partial charge in [0.25, 0.3) is 5.56 Å². The van der Waals surface area contributed by atoms with E-state index in [0.717, 1.165) is 22.2 Å². The lowest BCUT2D eigenvalue weighted by atomic mass is 10.2. The number of hydrogen-bond acceptors (Lipinski definition) is 5. The lowest BCUT2D eigenvalue weighted by molar-refractivity contribution is -0.115. The van der Waals surface area contributed by atoms with Gasteiger partial charge in [0.05, 0.1) is 16.3 Å². The number of thiophene rings is 1. The number of thioether (sulfide) groups is 1. The van der Waals surface area contributed by atoms with E-state index in [0.29, 0.717) is 15.4 Å². The van der Waals surface area contributed by atoms with Crippen molar-refractivity contribution in [2.75, 3.05) is 5.32 Å². The van der Waals surface area contributed by atoms with Gasteiger partial charge >= 0.3 is 0 Å². The number of carbonyl (C=O) groups excluding carboxylic acids is 1. The largest absolute Gasteiger partial charge is 0.323 e. The topological polar surface area (TPSA) is 64.0 Å². The van der Waals surface area contributed by atoms with E-state index < -0.39 is 11.1 Å². The molecule has 1 amide bonds. The van der Waals surface area contributed by atoms with Gasteiger partial charge in [-0.15, -0.1) is 17.9 Å². The van der Waals surface area contributed by atoms with Crippen LogP contribution in [0.1, 0.15) is 6.92 Å². The van der Waals surface area contributed by atoms with Gasteiger partial charge < -0.3 is 5.32 Å². The highest BCUT2D eigenvalue weighted by Gasteiger charge is 2.21. The highest BCUT2D eigenvalue weighted by Crippen LogP contribution is 2.33. The number of anilines is 1. The molecule has 4 rings (SSSR count). The molecule has 162 valence electrons. The minimum atomic E-state index is -0.608. The molecule has 2 aromatic heterocycles. The maximum atomic E-state index is 13.9. The first-order valence-corrected chi connectivity index (χ1v) is 11.6. The molecule has 5 nitrogen and oxygen atoms in total. The molecule has 0 aliphatic heterocycles. The first-order chi connectivity index (χ1) is 15.5. The zero-order valence-electron chi connectivity index (χ0n) is 17.2. The second-order valence-electron chi connectivity index (χ2n) is 7.02. The van der Waals surface area contributed by atoms with Crippen LogP contribution in [0.25, 0.3) is 20.7 Å². The van der Waals surface area contributed by atoms with E-state index in [1.165, 1.54) is 28.0 Å². The fourth-order valence-corrected chi connectivity index (χ4v) is 5.13. The standard InChI is InChI=1S/C24H20FN3O2S2/c1-3-13-28-23(30)17-14-20(16-9-5-4-6-10-16)32-22(17)27-24(28)31-15(2)21(29)26-19-12-8-7-11-18(19)25/h3-12,14-15H,1,13H2,2H3,(H,26,29). The lowest BCUT2D eigenvalue weighted by Gasteiger charge is -2.15. The maximum Gasteiger partial charge on any atom is 0.263 e. The molecule has 0 saturated carbocycles. The number of allylic oxidation sites excluding steroid dienone is 1. The van der Waals surface area contributed by atoms with E-state index in [1.807, 2.05) is 36.4 Å². The monoisotopic (exact) mass is 465 g/mol. The first-order valence-electron chi connectivity index (χ1n) is 9.90. The van der Waals surface area contributed by atoms with Gasteiger partial charge in [-0.1, -0.05) is 60.3 Å². The molecule has 1 atom stereocenters. The van der Waals surface area contributed by atoms with E-state index in [4.69, 9.17) is 4.98 Å². The SMILES string of the molecule is C=CCn1c(SC(C)C(=O)Nc2ccccc2F)nc2sc(-c3ccccc3)cc2c1=O. The van der Waals surface area contributed by atoms with Crippen LogP contribution in [0.15, 0.2) is 83.3 Å². The summed E-state index contributed by atoms with van der Waals surface area (Å²) < 4.78 is 15.4. The normalized spacial score (nSPS) is 11.9. The number of rotatable bonds is 7. The van der Waals surface area contributed by atoms with E-state index >= 15 is 0 Å². The predicted molar refractivity (Wildman–Crippen MR) is 130 cm³/mol. The number of aromatic nitrogens is 2. The molecule has 0 saturated heterocycles. The summed E-state index contributed by atoms with van der Waals surface area (Å²) >= 11 is 2.59. The molecule has 0 bridgehead atoms. The Morgan fingerprint density at radius 1 is 1.25 bits per heavy atom. The Labute approximate surface area is 192 Å². The molecule has 4 aromatic rings. The van der Waals surface area contributed by atoms with E-state index in [1.54, 1.807) is 25.1 Å². The van der Waals surface area contributed by atoms with Gasteiger partial charge in [0.1, 0.15) is 10.6 Å². The van der Waals surface area contributed by atoms with Gasteiger partial charge in [-0.05, 0) is 30.7 Å². The molecule has 0 spiro atoms. The smallest absolute Gasteiger partial charge is 0.263 e. The van der Waals surface area contributed by atoms with Crippen molar-refractivity contribution < 1.29 is 9.18 Å². The number of carbonyl (C=O) groups is 1. The first kappa shape index (κ1) is 22.0. The van der Waals surface area contributed by atoms with Crippen LogP contribution in [-0.4, -0.2) is 20.7 Å². The third-order valence-electron chi connectivity index (χ3n) is 4.77. The second-order valence-corrected chi connectivity index (χ2v) is 9.36. The van der Waals surface area contributed by atoms with Crippen molar-refractivity contribution in [1.29, 1.82) is 0 Å². The molecule has 0 fully saturated rings. The number of hydrogen-bond donors (Lipinski definition) is 1. The number of fused-ring (bicyclic) bond motifs is 1. The summed E-state index contributed by atoms with van der Waals surface area (Å²) in [4.78, 5) is 32.1. The number of nitrogens with zero attached hydrogens (tertiary/aromatic N) is 2. The summed E-state index contributed by atoms with van der Waals surface area (Å²) in [5.74, 6) is -0.885. The van der Waals surface area contributed by atoms with Gasteiger partial charge in [-0.2, -0.15) is 0 Å². The molecule has 32 heavy (non-hydrogen) atoms. The van der Waals surface area contributed by atoms with Gasteiger partial charge in [0.15, 0.2) is 5.16 Å². The van der Waals surface area contributed by atoms with E-state index in [-0.39, 0.29) is 23.7 Å². The quantitative estimate of drug-likeness (QED) is 0.220. The predicted octanol–water partition coefficient (Wildman–Crippen LogP) is 5.57. The van der Waals surface area contributed by atoms with Crippen LogP contribution in [0.5, 0.6) is 0 Å². The summed E-state index contributed by atoms with van der Waals surface area (Å²) in [7, 11) is 0. The number of para-hydroxylation sites is 1. The van der Waals surface area contributed by atoms with Crippen LogP contribution >= 0.6 is 23.1 Å². The summed E-state index contributed by atoms with van der Waals surface area (Å²) in [5.41, 5.74) is 0.942. The third-order valence-corrected chi connectivity index (χ3v) is 6.94. The van der Waals surface area contributed by atoms with Crippen molar-refractivity contribution in [3.05, 3.63) is 89.5 Å². The van der Waals surface area contributed by atoms with Crippen molar-refractivity contribution in [2.45, 2.75) is 23.9 Å². The fraction of sp³-hybridized carbons (Fsp3) is 0.125. The number of nitrogens with one attached hydrogen (secondary N) is 1. The van der Waals surface area contributed by atoms with Crippen LogP contribution in [0.4, 0.5) is 10.1 Å². The number of halogens is 1. The molecular formula is C24H20FN3O2S2. The van der Waals surface area contributed by atoms with Crippen molar-refractivity contribution in [3.8, 4) is 10.4 Å². The summed E-state index contributed by atoms with van der Waals surface area (Å²) in [6.07, 6.45) is 1.62. The van der Waals surface area contributed by atoms with Crippen LogP contribution in [0.2, 0.25) is 0 Å². The van der Waals surface area contributed by atoms with Gasteiger partial charge in [0, 0.05) is 11.4 Å². The molecule has 0 aliphatic rings. The minimum Gasteiger partial charge on any atom is -0.323 e. The molecule has 0 radical (unpaired) electrons. The Morgan fingerprint density at radius 2 is 1.97 bits per heavy atom. The van der Waals surface area contributed by atoms with Gasteiger partial charge in [0.2, 0.25) is 5.91 Å². The van der Waals surface area contributed by atoms with Crippen LogP contribution in [-0.2, 0) is 11.3 Å². The van der Waals surface area contributed by atoms with Crippen LogP contribution in [0.3, 0.4) is 0 Å². The van der Waals surface area contributed by atoms with E-state index in [2.05, 4.69) is 11.9 Å². The van der Waals surface area contributed by atoms with Crippen LogP contribution in [0, 0.1) is 5.82 Å². The summed E-state index contributed by atoms with van der Waals surface area (Å²) in [6.45, 7) is 5.70.